The fourth-order valence-electron chi connectivity index (χ4n) is 1.88. The summed E-state index contributed by atoms with van der Waals surface area (Å²) in [7, 11) is 0. The molecule has 1 fully saturated rings. The summed E-state index contributed by atoms with van der Waals surface area (Å²) in [6.45, 7) is 2.16. The standard InChI is InChI=1S/C13H16OS/c1-2-10-3-5-11(6-4-10)7-12-8-15-9-13(12)14/h3-6,12H,2,7-9H2,1H3. The van der Waals surface area contributed by atoms with Crippen molar-refractivity contribution in [2.45, 2.75) is 19.8 Å². The Bertz CT molecular complexity index is 342. The molecule has 1 aromatic rings. The molecule has 0 aliphatic carbocycles. The van der Waals surface area contributed by atoms with Crippen LogP contribution in [0.1, 0.15) is 18.1 Å². The second kappa shape index (κ2) is 4.84. The molecular weight excluding hydrogens is 204 g/mol. The van der Waals surface area contributed by atoms with Crippen molar-refractivity contribution in [2.24, 2.45) is 5.92 Å². The van der Waals surface area contributed by atoms with E-state index < -0.39 is 0 Å². The molecule has 1 saturated heterocycles. The highest BCUT2D eigenvalue weighted by molar-refractivity contribution is 8.00. The monoisotopic (exact) mass is 220 g/mol. The second-order valence-electron chi connectivity index (χ2n) is 4.05. The van der Waals surface area contributed by atoms with Gasteiger partial charge in [-0.15, -0.1) is 0 Å². The van der Waals surface area contributed by atoms with Gasteiger partial charge in [0.25, 0.3) is 0 Å². The van der Waals surface area contributed by atoms with E-state index in [4.69, 9.17) is 0 Å². The summed E-state index contributed by atoms with van der Waals surface area (Å²) in [4.78, 5) is 11.5. The largest absolute Gasteiger partial charge is 0.298 e. The molecule has 2 rings (SSSR count). The number of ketones is 1. The van der Waals surface area contributed by atoms with Crippen LogP contribution in [-0.4, -0.2) is 17.3 Å². The van der Waals surface area contributed by atoms with Crippen molar-refractivity contribution in [2.75, 3.05) is 11.5 Å². The number of carbonyl (C=O) groups excluding carboxylic acids is 1. The molecule has 0 saturated carbocycles. The molecule has 1 aromatic carbocycles. The van der Waals surface area contributed by atoms with Gasteiger partial charge in [0.2, 0.25) is 0 Å². The van der Waals surface area contributed by atoms with Crippen molar-refractivity contribution in [3.63, 3.8) is 0 Å². The number of hydrogen-bond donors (Lipinski definition) is 0. The number of thioether (sulfide) groups is 1. The maximum Gasteiger partial charge on any atom is 0.146 e. The van der Waals surface area contributed by atoms with Gasteiger partial charge in [0.1, 0.15) is 5.78 Å². The van der Waals surface area contributed by atoms with E-state index >= 15 is 0 Å². The van der Waals surface area contributed by atoms with E-state index in [0.717, 1.165) is 24.3 Å². The second-order valence-corrected chi connectivity index (χ2v) is 5.08. The zero-order valence-corrected chi connectivity index (χ0v) is 9.85. The molecule has 1 heterocycles. The van der Waals surface area contributed by atoms with Crippen LogP contribution in [0.5, 0.6) is 0 Å². The number of Topliss-reactive ketones (excluding diaryl/α,β-unsaturated/α-hetero) is 1. The van der Waals surface area contributed by atoms with Gasteiger partial charge in [-0.05, 0) is 24.0 Å². The van der Waals surface area contributed by atoms with Crippen molar-refractivity contribution in [1.29, 1.82) is 0 Å². The third-order valence-corrected chi connectivity index (χ3v) is 4.06. The summed E-state index contributed by atoms with van der Waals surface area (Å²) in [6, 6.07) is 8.66. The zero-order valence-electron chi connectivity index (χ0n) is 9.03. The Kier molecular flexibility index (Phi) is 3.47. The molecule has 0 aromatic heterocycles. The van der Waals surface area contributed by atoms with Crippen LogP contribution in [0.15, 0.2) is 24.3 Å². The van der Waals surface area contributed by atoms with Gasteiger partial charge in [-0.25, -0.2) is 0 Å². The van der Waals surface area contributed by atoms with Crippen LogP contribution in [0.4, 0.5) is 0 Å². The number of hydrogen-bond acceptors (Lipinski definition) is 2. The van der Waals surface area contributed by atoms with Crippen LogP contribution in [-0.2, 0) is 17.6 Å². The van der Waals surface area contributed by atoms with Crippen LogP contribution in [0, 0.1) is 5.92 Å². The van der Waals surface area contributed by atoms with Gasteiger partial charge in [0.05, 0.1) is 5.75 Å². The molecule has 0 spiro atoms. The highest BCUT2D eigenvalue weighted by atomic mass is 32.2. The van der Waals surface area contributed by atoms with Gasteiger partial charge in [-0.2, -0.15) is 11.8 Å². The van der Waals surface area contributed by atoms with E-state index in [9.17, 15) is 4.79 Å². The quantitative estimate of drug-likeness (QED) is 0.779. The maximum absolute atomic E-state index is 11.5. The molecule has 0 bridgehead atoms. The summed E-state index contributed by atoms with van der Waals surface area (Å²) in [5, 5.41) is 0. The van der Waals surface area contributed by atoms with Crippen molar-refractivity contribution in [3.05, 3.63) is 35.4 Å². The molecular formula is C13H16OS. The Balaban J connectivity index is 2.01. The van der Waals surface area contributed by atoms with E-state index in [1.54, 1.807) is 11.8 Å². The molecule has 0 N–H and O–H groups in total. The first-order valence-electron chi connectivity index (χ1n) is 5.48. The number of rotatable bonds is 3. The predicted octanol–water partition coefficient (Wildman–Crippen LogP) is 2.72. The van der Waals surface area contributed by atoms with E-state index in [1.165, 1.54) is 11.1 Å². The fourth-order valence-corrected chi connectivity index (χ4v) is 3.02. The Morgan fingerprint density at radius 2 is 1.93 bits per heavy atom. The lowest BCUT2D eigenvalue weighted by molar-refractivity contribution is -0.119. The fraction of sp³-hybridized carbons (Fsp3) is 0.462. The third-order valence-electron chi connectivity index (χ3n) is 2.93. The Hall–Kier alpha value is -0.760. The summed E-state index contributed by atoms with van der Waals surface area (Å²) >= 11 is 1.77. The van der Waals surface area contributed by atoms with Crippen LogP contribution >= 0.6 is 11.8 Å². The summed E-state index contributed by atoms with van der Waals surface area (Å²) in [6.07, 6.45) is 2.01. The van der Waals surface area contributed by atoms with Crippen molar-refractivity contribution < 1.29 is 4.79 Å². The average molecular weight is 220 g/mol. The van der Waals surface area contributed by atoms with E-state index in [1.807, 2.05) is 0 Å². The highest BCUT2D eigenvalue weighted by Crippen LogP contribution is 2.23. The van der Waals surface area contributed by atoms with Crippen LogP contribution in [0.25, 0.3) is 0 Å². The van der Waals surface area contributed by atoms with Gasteiger partial charge < -0.3 is 0 Å². The van der Waals surface area contributed by atoms with Crippen molar-refractivity contribution in [1.82, 2.24) is 0 Å². The first kappa shape index (κ1) is 10.7. The molecule has 1 nitrogen and oxygen atoms in total. The average Bonchev–Trinajstić information content (AvgIpc) is 2.66. The molecule has 15 heavy (non-hydrogen) atoms. The van der Waals surface area contributed by atoms with Gasteiger partial charge in [0.15, 0.2) is 0 Å². The number of aryl methyl sites for hydroxylation is 1. The minimum Gasteiger partial charge on any atom is -0.298 e. The number of carbonyl (C=O) groups is 1. The Morgan fingerprint density at radius 1 is 1.27 bits per heavy atom. The van der Waals surface area contributed by atoms with Gasteiger partial charge in [-0.3, -0.25) is 4.79 Å². The maximum atomic E-state index is 11.5. The molecule has 0 radical (unpaired) electrons. The minimum absolute atomic E-state index is 0.266. The number of benzene rings is 1. The summed E-state index contributed by atoms with van der Waals surface area (Å²) in [5.41, 5.74) is 2.67. The normalized spacial score (nSPS) is 20.9. The molecule has 80 valence electrons. The molecule has 1 atom stereocenters. The SMILES string of the molecule is CCc1ccc(CC2CSCC2=O)cc1. The molecule has 1 aliphatic heterocycles. The van der Waals surface area contributed by atoms with Gasteiger partial charge >= 0.3 is 0 Å². The zero-order chi connectivity index (χ0) is 10.7. The first-order chi connectivity index (χ1) is 7.29. The van der Waals surface area contributed by atoms with Crippen molar-refractivity contribution in [3.8, 4) is 0 Å². The molecule has 1 aliphatic rings. The van der Waals surface area contributed by atoms with E-state index in [0.29, 0.717) is 5.78 Å². The van der Waals surface area contributed by atoms with Gasteiger partial charge in [0, 0.05) is 11.7 Å². The topological polar surface area (TPSA) is 17.1 Å². The summed E-state index contributed by atoms with van der Waals surface area (Å²) in [5.74, 6) is 2.42. The highest BCUT2D eigenvalue weighted by Gasteiger charge is 2.24. The van der Waals surface area contributed by atoms with E-state index in [-0.39, 0.29) is 5.92 Å². The molecule has 2 heteroatoms. The predicted molar refractivity (Wildman–Crippen MR) is 65.3 cm³/mol. The van der Waals surface area contributed by atoms with Crippen LogP contribution in [0.3, 0.4) is 0 Å². The molecule has 1 unspecified atom stereocenters. The van der Waals surface area contributed by atoms with Crippen LogP contribution in [0.2, 0.25) is 0 Å². The van der Waals surface area contributed by atoms with Crippen LogP contribution < -0.4 is 0 Å². The lowest BCUT2D eigenvalue weighted by atomic mass is 9.97. The Morgan fingerprint density at radius 3 is 2.47 bits per heavy atom. The summed E-state index contributed by atoms with van der Waals surface area (Å²) < 4.78 is 0. The van der Waals surface area contributed by atoms with Gasteiger partial charge in [-0.1, -0.05) is 31.2 Å². The minimum atomic E-state index is 0.266. The van der Waals surface area contributed by atoms with E-state index in [2.05, 4.69) is 31.2 Å². The molecule has 0 amide bonds. The van der Waals surface area contributed by atoms with Crippen molar-refractivity contribution >= 4 is 17.5 Å². The first-order valence-corrected chi connectivity index (χ1v) is 6.63. The Labute approximate surface area is 95.3 Å². The lowest BCUT2D eigenvalue weighted by Crippen LogP contribution is -2.13. The smallest absolute Gasteiger partial charge is 0.146 e. The third kappa shape index (κ3) is 2.63. The lowest BCUT2D eigenvalue weighted by Gasteiger charge is -2.07.